The van der Waals surface area contributed by atoms with Crippen molar-refractivity contribution in [3.63, 3.8) is 0 Å². The highest BCUT2D eigenvalue weighted by Gasteiger charge is 2.27. The molecule has 0 spiro atoms. The van der Waals surface area contributed by atoms with E-state index in [0.29, 0.717) is 18.5 Å². The van der Waals surface area contributed by atoms with E-state index < -0.39 is 5.97 Å². The monoisotopic (exact) mass is 387 g/mol. The normalized spacial score (nSPS) is 10.7. The van der Waals surface area contributed by atoms with Crippen molar-refractivity contribution in [1.29, 1.82) is 0 Å². The van der Waals surface area contributed by atoms with Crippen molar-refractivity contribution >= 4 is 11.9 Å². The fraction of sp³-hybridized carbons (Fsp3) is 0.200. The van der Waals surface area contributed by atoms with Gasteiger partial charge in [0.2, 0.25) is 0 Å². The van der Waals surface area contributed by atoms with Gasteiger partial charge < -0.3 is 10.0 Å². The van der Waals surface area contributed by atoms with Crippen LogP contribution in [-0.2, 0) is 4.79 Å². The minimum absolute atomic E-state index is 0.0217. The van der Waals surface area contributed by atoms with Gasteiger partial charge in [-0.3, -0.25) is 9.59 Å². The lowest BCUT2D eigenvalue weighted by Crippen LogP contribution is -2.36. The zero-order valence-electron chi connectivity index (χ0n) is 16.5. The second-order valence-electron chi connectivity index (χ2n) is 7.09. The smallest absolute Gasteiger partial charge is 0.303 e. The predicted molar refractivity (Wildman–Crippen MR) is 114 cm³/mol. The highest BCUT2D eigenvalue weighted by atomic mass is 16.4. The Kier molecular flexibility index (Phi) is 6.80. The Bertz CT molecular complexity index is 915. The van der Waals surface area contributed by atoms with Crippen molar-refractivity contribution in [2.75, 3.05) is 6.54 Å². The topological polar surface area (TPSA) is 57.6 Å². The van der Waals surface area contributed by atoms with Crippen LogP contribution in [0.25, 0.3) is 0 Å². The third-order valence-electron chi connectivity index (χ3n) is 4.86. The van der Waals surface area contributed by atoms with Gasteiger partial charge in [-0.1, -0.05) is 78.4 Å². The first-order valence-corrected chi connectivity index (χ1v) is 9.75. The van der Waals surface area contributed by atoms with Crippen LogP contribution in [0, 0.1) is 6.92 Å². The number of aryl methyl sites for hydroxylation is 1. The first kappa shape index (κ1) is 20.3. The summed E-state index contributed by atoms with van der Waals surface area (Å²) in [6, 6.07) is 27.0. The molecule has 0 aromatic heterocycles. The zero-order valence-corrected chi connectivity index (χ0v) is 16.5. The molecule has 3 rings (SSSR count). The summed E-state index contributed by atoms with van der Waals surface area (Å²) in [5, 5.41) is 9.09. The fourth-order valence-electron chi connectivity index (χ4n) is 3.52. The lowest BCUT2D eigenvalue weighted by molar-refractivity contribution is -0.137. The number of carbonyl (C=O) groups excluding carboxylic acids is 1. The van der Waals surface area contributed by atoms with E-state index in [1.807, 2.05) is 91.9 Å². The molecule has 0 saturated carbocycles. The number of aliphatic carboxylic acids is 1. The highest BCUT2D eigenvalue weighted by molar-refractivity contribution is 5.95. The number of nitrogens with zero attached hydrogens (tertiary/aromatic N) is 1. The molecule has 0 aliphatic carbocycles. The summed E-state index contributed by atoms with van der Waals surface area (Å²) in [5.74, 6) is -0.958. The zero-order chi connectivity index (χ0) is 20.6. The Morgan fingerprint density at radius 1 is 0.862 bits per heavy atom. The second kappa shape index (κ2) is 9.69. The van der Waals surface area contributed by atoms with Crippen LogP contribution < -0.4 is 0 Å². The van der Waals surface area contributed by atoms with Crippen LogP contribution >= 0.6 is 0 Å². The highest BCUT2D eigenvalue weighted by Crippen LogP contribution is 2.30. The average Bonchev–Trinajstić information content (AvgIpc) is 2.74. The van der Waals surface area contributed by atoms with Crippen LogP contribution in [0.15, 0.2) is 84.9 Å². The van der Waals surface area contributed by atoms with E-state index in [4.69, 9.17) is 5.11 Å². The van der Waals surface area contributed by atoms with Gasteiger partial charge in [-0.05, 0) is 36.6 Å². The van der Waals surface area contributed by atoms with E-state index in [2.05, 4.69) is 0 Å². The van der Waals surface area contributed by atoms with Crippen molar-refractivity contribution in [1.82, 2.24) is 4.90 Å². The summed E-state index contributed by atoms with van der Waals surface area (Å²) in [5.41, 5.74) is 3.61. The molecule has 0 bridgehead atoms. The number of carboxylic acid groups (broad SMARTS) is 1. The molecule has 3 aromatic carbocycles. The van der Waals surface area contributed by atoms with Crippen molar-refractivity contribution in [2.45, 2.75) is 25.8 Å². The molecule has 1 amide bonds. The Hall–Kier alpha value is -3.40. The molecule has 0 saturated heterocycles. The number of amides is 1. The van der Waals surface area contributed by atoms with E-state index in [9.17, 15) is 9.59 Å². The van der Waals surface area contributed by atoms with Gasteiger partial charge in [-0.15, -0.1) is 0 Å². The Labute approximate surface area is 171 Å². The minimum Gasteiger partial charge on any atom is -0.481 e. The average molecular weight is 387 g/mol. The quantitative estimate of drug-likeness (QED) is 0.586. The minimum atomic E-state index is -0.857. The summed E-state index contributed by atoms with van der Waals surface area (Å²) in [7, 11) is 0. The summed E-state index contributed by atoms with van der Waals surface area (Å²) in [4.78, 5) is 26.4. The van der Waals surface area contributed by atoms with Gasteiger partial charge in [0.05, 0.1) is 6.04 Å². The summed E-state index contributed by atoms with van der Waals surface area (Å²) < 4.78 is 0. The Morgan fingerprint density at radius 3 is 1.97 bits per heavy atom. The molecule has 4 heteroatoms. The molecule has 0 aliphatic rings. The standard InChI is InChI=1S/C25H25NO3/c1-19-10-8-15-22(18-19)25(29)26(17-9-16-23(27)28)24(20-11-4-2-5-12-20)21-13-6-3-7-14-21/h2-8,10-15,18,24H,9,16-17H2,1H3,(H,27,28). The second-order valence-corrected chi connectivity index (χ2v) is 7.09. The van der Waals surface area contributed by atoms with E-state index in [1.165, 1.54) is 0 Å². The van der Waals surface area contributed by atoms with Crippen LogP contribution in [0.5, 0.6) is 0 Å². The number of rotatable bonds is 8. The van der Waals surface area contributed by atoms with Crippen LogP contribution in [0.2, 0.25) is 0 Å². The van der Waals surface area contributed by atoms with Crippen molar-refractivity contribution in [3.8, 4) is 0 Å². The SMILES string of the molecule is Cc1cccc(C(=O)N(CCCC(=O)O)C(c2ccccc2)c2ccccc2)c1. The molecule has 148 valence electrons. The van der Waals surface area contributed by atoms with Crippen molar-refractivity contribution < 1.29 is 14.7 Å². The molecule has 29 heavy (non-hydrogen) atoms. The third-order valence-corrected chi connectivity index (χ3v) is 4.86. The van der Waals surface area contributed by atoms with Crippen molar-refractivity contribution in [2.24, 2.45) is 0 Å². The van der Waals surface area contributed by atoms with Crippen LogP contribution in [-0.4, -0.2) is 28.4 Å². The molecule has 0 radical (unpaired) electrons. The number of carbonyl (C=O) groups is 2. The molecule has 3 aromatic rings. The summed E-state index contributed by atoms with van der Waals surface area (Å²) in [6.07, 6.45) is 0.414. The lowest BCUT2D eigenvalue weighted by Gasteiger charge is -2.33. The number of hydrogen-bond acceptors (Lipinski definition) is 2. The van der Waals surface area contributed by atoms with Gasteiger partial charge in [-0.2, -0.15) is 0 Å². The van der Waals surface area contributed by atoms with Crippen LogP contribution in [0.1, 0.15) is 45.9 Å². The van der Waals surface area contributed by atoms with Crippen LogP contribution in [0.3, 0.4) is 0 Å². The summed E-state index contributed by atoms with van der Waals surface area (Å²) >= 11 is 0. The Morgan fingerprint density at radius 2 is 1.45 bits per heavy atom. The van der Waals surface area contributed by atoms with E-state index >= 15 is 0 Å². The number of hydrogen-bond donors (Lipinski definition) is 1. The first-order chi connectivity index (χ1) is 14.1. The molecule has 0 unspecified atom stereocenters. The molecule has 0 heterocycles. The molecule has 0 fully saturated rings. The molecule has 4 nitrogen and oxygen atoms in total. The van der Waals surface area contributed by atoms with Gasteiger partial charge >= 0.3 is 5.97 Å². The van der Waals surface area contributed by atoms with E-state index in [1.54, 1.807) is 4.90 Å². The molecule has 0 aliphatic heterocycles. The predicted octanol–water partition coefficient (Wildman–Crippen LogP) is 5.09. The van der Waals surface area contributed by atoms with E-state index in [0.717, 1.165) is 16.7 Å². The molecular formula is C25H25NO3. The van der Waals surface area contributed by atoms with Gasteiger partial charge in [-0.25, -0.2) is 0 Å². The van der Waals surface area contributed by atoms with Gasteiger partial charge in [0.1, 0.15) is 0 Å². The molecule has 0 atom stereocenters. The van der Waals surface area contributed by atoms with E-state index in [-0.39, 0.29) is 18.4 Å². The third kappa shape index (κ3) is 5.32. The largest absolute Gasteiger partial charge is 0.481 e. The molecule has 1 N–H and O–H groups in total. The van der Waals surface area contributed by atoms with Gasteiger partial charge in [0.15, 0.2) is 0 Å². The lowest BCUT2D eigenvalue weighted by atomic mass is 9.95. The maximum absolute atomic E-state index is 13.5. The number of carboxylic acids is 1. The number of benzene rings is 3. The fourth-order valence-corrected chi connectivity index (χ4v) is 3.52. The van der Waals surface area contributed by atoms with Crippen LogP contribution in [0.4, 0.5) is 0 Å². The van der Waals surface area contributed by atoms with Gasteiger partial charge in [0, 0.05) is 18.5 Å². The Balaban J connectivity index is 2.04. The van der Waals surface area contributed by atoms with Gasteiger partial charge in [0.25, 0.3) is 5.91 Å². The molecular weight excluding hydrogens is 362 g/mol. The van der Waals surface area contributed by atoms with Crippen molar-refractivity contribution in [3.05, 3.63) is 107 Å². The first-order valence-electron chi connectivity index (χ1n) is 9.75. The summed E-state index contributed by atoms with van der Waals surface area (Å²) in [6.45, 7) is 2.31. The maximum atomic E-state index is 13.5. The maximum Gasteiger partial charge on any atom is 0.303 e.